The van der Waals surface area contributed by atoms with Gasteiger partial charge in [0.15, 0.2) is 0 Å². The molecule has 0 spiro atoms. The van der Waals surface area contributed by atoms with Crippen molar-refractivity contribution < 1.29 is 0 Å². The van der Waals surface area contributed by atoms with E-state index in [1.165, 1.54) is 65.5 Å². The van der Waals surface area contributed by atoms with Gasteiger partial charge in [0.1, 0.15) is 0 Å². The molecular weight excluding hydrogens is 300 g/mol. The third kappa shape index (κ3) is 5.50. The van der Waals surface area contributed by atoms with Gasteiger partial charge < -0.3 is 0 Å². The van der Waals surface area contributed by atoms with Crippen molar-refractivity contribution in [2.75, 3.05) is 0 Å². The summed E-state index contributed by atoms with van der Waals surface area (Å²) in [4.78, 5) is 0. The largest absolute Gasteiger partial charge is 0.101 e. The lowest BCUT2D eigenvalue weighted by Gasteiger charge is -2.11. The van der Waals surface area contributed by atoms with Crippen molar-refractivity contribution in [3.63, 3.8) is 0 Å². The first kappa shape index (κ1) is 19.3. The molecule has 0 nitrogen and oxygen atoms in total. The third-order valence-corrected chi connectivity index (χ3v) is 5.01. The highest BCUT2D eigenvalue weighted by Crippen LogP contribution is 2.26. The van der Waals surface area contributed by atoms with Crippen molar-refractivity contribution in [3.8, 4) is 23.0 Å². The van der Waals surface area contributed by atoms with Crippen LogP contribution in [0.25, 0.3) is 11.1 Å². The highest BCUT2D eigenvalue weighted by atomic mass is 14.1. The molecule has 25 heavy (non-hydrogen) atoms. The van der Waals surface area contributed by atoms with Crippen molar-refractivity contribution in [2.24, 2.45) is 5.92 Å². The van der Waals surface area contributed by atoms with Crippen LogP contribution in [-0.4, -0.2) is 0 Å². The van der Waals surface area contributed by atoms with Crippen LogP contribution in [0.2, 0.25) is 0 Å². The molecule has 0 aromatic heterocycles. The first-order valence-electron chi connectivity index (χ1n) is 9.68. The Labute approximate surface area is 154 Å². The lowest BCUT2D eigenvalue weighted by atomic mass is 9.94. The van der Waals surface area contributed by atoms with Gasteiger partial charge in [-0.15, -0.1) is 5.92 Å². The molecule has 0 aliphatic rings. The van der Waals surface area contributed by atoms with Crippen LogP contribution in [0.5, 0.6) is 0 Å². The van der Waals surface area contributed by atoms with E-state index in [1.807, 2.05) is 6.92 Å². The molecular formula is C25H32. The Kier molecular flexibility index (Phi) is 7.32. The average Bonchev–Trinajstić information content (AvgIpc) is 2.59. The van der Waals surface area contributed by atoms with Crippen molar-refractivity contribution >= 4 is 0 Å². The van der Waals surface area contributed by atoms with E-state index >= 15 is 0 Å². The van der Waals surface area contributed by atoms with Crippen LogP contribution in [-0.2, 0) is 6.42 Å². The van der Waals surface area contributed by atoms with E-state index in [-0.39, 0.29) is 0 Å². The SMILES string of the molecule is CC#Cc1c(C)cc(-c2ccc(CCCC(C)CCC)cc2)cc1C. The molecule has 2 aromatic rings. The van der Waals surface area contributed by atoms with Gasteiger partial charge in [0.05, 0.1) is 0 Å². The van der Waals surface area contributed by atoms with Gasteiger partial charge in [-0.2, -0.15) is 0 Å². The lowest BCUT2D eigenvalue weighted by molar-refractivity contribution is 0.469. The van der Waals surface area contributed by atoms with Crippen molar-refractivity contribution in [1.29, 1.82) is 0 Å². The highest BCUT2D eigenvalue weighted by molar-refractivity contribution is 5.68. The van der Waals surface area contributed by atoms with Crippen molar-refractivity contribution in [1.82, 2.24) is 0 Å². The number of hydrogen-bond donors (Lipinski definition) is 0. The van der Waals surface area contributed by atoms with Crippen LogP contribution in [0.4, 0.5) is 0 Å². The average molecular weight is 333 g/mol. The van der Waals surface area contributed by atoms with E-state index in [0.717, 1.165) is 5.92 Å². The summed E-state index contributed by atoms with van der Waals surface area (Å²) in [6.07, 6.45) is 6.49. The molecule has 0 amide bonds. The molecule has 1 unspecified atom stereocenters. The standard InChI is InChI=1S/C25H32/c1-6-9-19(3)11-8-12-22-13-15-23(16-14-22)24-17-20(4)25(10-7-2)21(5)18-24/h13-19H,6,8-9,11-12H2,1-5H3. The monoisotopic (exact) mass is 332 g/mol. The number of hydrogen-bond acceptors (Lipinski definition) is 0. The minimum Gasteiger partial charge on any atom is -0.101 e. The summed E-state index contributed by atoms with van der Waals surface area (Å²) in [5.41, 5.74) is 7.74. The van der Waals surface area contributed by atoms with Crippen LogP contribution in [0.15, 0.2) is 36.4 Å². The Morgan fingerprint density at radius 2 is 1.56 bits per heavy atom. The summed E-state index contributed by atoms with van der Waals surface area (Å²) in [5, 5.41) is 0. The Morgan fingerprint density at radius 3 is 2.12 bits per heavy atom. The maximum absolute atomic E-state index is 3.22. The van der Waals surface area contributed by atoms with E-state index in [4.69, 9.17) is 0 Å². The molecule has 1 atom stereocenters. The fourth-order valence-corrected chi connectivity index (χ4v) is 3.61. The van der Waals surface area contributed by atoms with E-state index in [0.29, 0.717) is 0 Å². The first-order valence-corrected chi connectivity index (χ1v) is 9.68. The van der Waals surface area contributed by atoms with Gasteiger partial charge >= 0.3 is 0 Å². The lowest BCUT2D eigenvalue weighted by Crippen LogP contribution is -1.95. The molecule has 0 N–H and O–H groups in total. The van der Waals surface area contributed by atoms with Gasteiger partial charge in [0.25, 0.3) is 0 Å². The van der Waals surface area contributed by atoms with Crippen LogP contribution in [0.1, 0.15) is 68.7 Å². The second kappa shape index (κ2) is 9.47. The predicted molar refractivity (Wildman–Crippen MR) is 111 cm³/mol. The molecule has 2 aromatic carbocycles. The molecule has 0 saturated heterocycles. The smallest absolute Gasteiger partial charge is 0.0303 e. The van der Waals surface area contributed by atoms with Crippen molar-refractivity contribution in [2.45, 2.75) is 66.7 Å². The molecule has 0 saturated carbocycles. The van der Waals surface area contributed by atoms with Gasteiger partial charge in [-0.25, -0.2) is 0 Å². The molecule has 2 rings (SSSR count). The summed E-state index contributed by atoms with van der Waals surface area (Å²) >= 11 is 0. The quantitative estimate of drug-likeness (QED) is 0.474. The van der Waals surface area contributed by atoms with Crippen LogP contribution < -0.4 is 0 Å². The fourth-order valence-electron chi connectivity index (χ4n) is 3.61. The third-order valence-electron chi connectivity index (χ3n) is 5.01. The topological polar surface area (TPSA) is 0 Å². The van der Waals surface area contributed by atoms with Gasteiger partial charge in [-0.05, 0) is 67.3 Å². The molecule has 0 aliphatic carbocycles. The van der Waals surface area contributed by atoms with Crippen LogP contribution in [0, 0.1) is 31.6 Å². The first-order chi connectivity index (χ1) is 12.0. The zero-order chi connectivity index (χ0) is 18.2. The highest BCUT2D eigenvalue weighted by Gasteiger charge is 2.06. The Balaban J connectivity index is 2.06. The fraction of sp³-hybridized carbons (Fsp3) is 0.440. The Morgan fingerprint density at radius 1 is 0.920 bits per heavy atom. The molecule has 0 aliphatic heterocycles. The summed E-state index contributed by atoms with van der Waals surface area (Å²) in [6.45, 7) is 10.9. The Hall–Kier alpha value is -2.00. The zero-order valence-electron chi connectivity index (χ0n) is 16.6. The van der Waals surface area contributed by atoms with E-state index in [1.54, 1.807) is 0 Å². The zero-order valence-corrected chi connectivity index (χ0v) is 16.6. The molecule has 0 fully saturated rings. The predicted octanol–water partition coefficient (Wildman–Crippen LogP) is 7.10. The van der Waals surface area contributed by atoms with E-state index < -0.39 is 0 Å². The minimum absolute atomic E-state index is 0.861. The van der Waals surface area contributed by atoms with Gasteiger partial charge in [0, 0.05) is 5.56 Å². The second-order valence-corrected chi connectivity index (χ2v) is 7.34. The van der Waals surface area contributed by atoms with Gasteiger partial charge in [-0.1, -0.05) is 75.4 Å². The number of aryl methyl sites for hydroxylation is 3. The normalized spacial score (nSPS) is 11.7. The summed E-state index contributed by atoms with van der Waals surface area (Å²) in [6, 6.07) is 13.6. The van der Waals surface area contributed by atoms with Gasteiger partial charge in [0.2, 0.25) is 0 Å². The van der Waals surface area contributed by atoms with Crippen molar-refractivity contribution in [3.05, 3.63) is 58.7 Å². The van der Waals surface area contributed by atoms with Crippen LogP contribution >= 0.6 is 0 Å². The maximum Gasteiger partial charge on any atom is 0.0303 e. The summed E-state index contributed by atoms with van der Waals surface area (Å²) < 4.78 is 0. The molecule has 0 heterocycles. The molecule has 0 heteroatoms. The number of rotatable bonds is 7. The summed E-state index contributed by atoms with van der Waals surface area (Å²) in [5.74, 6) is 7.10. The molecule has 0 radical (unpaired) electrons. The number of benzene rings is 2. The Bertz CT molecular complexity index is 715. The second-order valence-electron chi connectivity index (χ2n) is 7.34. The molecule has 0 bridgehead atoms. The maximum atomic E-state index is 3.22. The molecule has 132 valence electrons. The van der Waals surface area contributed by atoms with E-state index in [2.05, 4.69) is 75.9 Å². The van der Waals surface area contributed by atoms with Gasteiger partial charge in [-0.3, -0.25) is 0 Å². The van der Waals surface area contributed by atoms with E-state index in [9.17, 15) is 0 Å². The summed E-state index contributed by atoms with van der Waals surface area (Å²) in [7, 11) is 0. The van der Waals surface area contributed by atoms with Crippen LogP contribution in [0.3, 0.4) is 0 Å². The minimum atomic E-state index is 0.861.